The fraction of sp³-hybridized carbons (Fsp3) is 0.211. The minimum absolute atomic E-state index is 0.0102. The third kappa shape index (κ3) is 6.64. The number of para-hydroxylation sites is 2. The van der Waals surface area contributed by atoms with E-state index in [1.165, 1.54) is 0 Å². The zero-order valence-corrected chi connectivity index (χ0v) is 14.5. The summed E-state index contributed by atoms with van der Waals surface area (Å²) < 4.78 is 5.37. The summed E-state index contributed by atoms with van der Waals surface area (Å²) in [6.45, 7) is 1.65. The quantitative estimate of drug-likeness (QED) is 0.661. The van der Waals surface area contributed by atoms with Gasteiger partial charge in [0.05, 0.1) is 0 Å². The fourth-order valence-electron chi connectivity index (χ4n) is 2.07. The highest BCUT2D eigenvalue weighted by Crippen LogP contribution is 2.15. The minimum atomic E-state index is -0.490. The molecule has 136 valence electrons. The monoisotopic (exact) mass is 355 g/mol. The second kappa shape index (κ2) is 9.83. The van der Waals surface area contributed by atoms with Gasteiger partial charge in [-0.1, -0.05) is 36.4 Å². The SMILES string of the molecule is Cc1ccccc1OCC(=O)NNC(=O)CCC(=O)Nc1ccccc1. The van der Waals surface area contributed by atoms with Crippen molar-refractivity contribution < 1.29 is 19.1 Å². The maximum absolute atomic E-state index is 11.7. The van der Waals surface area contributed by atoms with Crippen LogP contribution in [0.15, 0.2) is 54.6 Å². The maximum atomic E-state index is 11.7. The summed E-state index contributed by atoms with van der Waals surface area (Å²) in [6.07, 6.45) is -0.0338. The second-order valence-electron chi connectivity index (χ2n) is 5.56. The molecule has 2 rings (SSSR count). The van der Waals surface area contributed by atoms with E-state index in [2.05, 4.69) is 16.2 Å². The van der Waals surface area contributed by atoms with Crippen molar-refractivity contribution in [1.82, 2.24) is 10.9 Å². The molecule has 3 amide bonds. The van der Waals surface area contributed by atoms with Crippen molar-refractivity contribution in [1.29, 1.82) is 0 Å². The number of hydrogen-bond donors (Lipinski definition) is 3. The van der Waals surface area contributed by atoms with E-state index in [9.17, 15) is 14.4 Å². The number of carbonyl (C=O) groups is 3. The van der Waals surface area contributed by atoms with Gasteiger partial charge < -0.3 is 10.1 Å². The molecule has 0 heterocycles. The predicted molar refractivity (Wildman–Crippen MR) is 97.3 cm³/mol. The fourth-order valence-corrected chi connectivity index (χ4v) is 2.07. The molecule has 0 saturated carbocycles. The Morgan fingerprint density at radius 3 is 2.15 bits per heavy atom. The molecule has 7 nitrogen and oxygen atoms in total. The van der Waals surface area contributed by atoms with Gasteiger partial charge in [-0.05, 0) is 30.7 Å². The lowest BCUT2D eigenvalue weighted by atomic mass is 10.2. The zero-order chi connectivity index (χ0) is 18.8. The molecule has 26 heavy (non-hydrogen) atoms. The first-order chi connectivity index (χ1) is 12.5. The van der Waals surface area contributed by atoms with E-state index in [1.807, 2.05) is 31.2 Å². The highest BCUT2D eigenvalue weighted by molar-refractivity contribution is 5.93. The van der Waals surface area contributed by atoms with Gasteiger partial charge in [-0.25, -0.2) is 0 Å². The Morgan fingerprint density at radius 1 is 0.808 bits per heavy atom. The van der Waals surface area contributed by atoms with Gasteiger partial charge in [-0.2, -0.15) is 0 Å². The number of benzene rings is 2. The number of hydrogen-bond acceptors (Lipinski definition) is 4. The number of hydrazine groups is 1. The Morgan fingerprint density at radius 2 is 1.42 bits per heavy atom. The molecule has 0 spiro atoms. The van der Waals surface area contributed by atoms with Crippen molar-refractivity contribution in [2.24, 2.45) is 0 Å². The van der Waals surface area contributed by atoms with Crippen molar-refractivity contribution in [3.8, 4) is 5.75 Å². The van der Waals surface area contributed by atoms with Crippen LogP contribution in [0.3, 0.4) is 0 Å². The van der Waals surface area contributed by atoms with Gasteiger partial charge in [0.1, 0.15) is 5.75 Å². The van der Waals surface area contributed by atoms with Crippen molar-refractivity contribution >= 4 is 23.4 Å². The topological polar surface area (TPSA) is 96.5 Å². The molecule has 7 heteroatoms. The molecule has 3 N–H and O–H groups in total. The summed E-state index contributed by atoms with van der Waals surface area (Å²) in [4.78, 5) is 35.1. The van der Waals surface area contributed by atoms with Crippen LogP contribution in [0.1, 0.15) is 18.4 Å². The molecular weight excluding hydrogens is 334 g/mol. The average Bonchev–Trinajstić information content (AvgIpc) is 2.65. The first-order valence-corrected chi connectivity index (χ1v) is 8.15. The molecule has 0 radical (unpaired) electrons. The van der Waals surface area contributed by atoms with E-state index >= 15 is 0 Å². The normalized spacial score (nSPS) is 9.88. The van der Waals surface area contributed by atoms with Gasteiger partial charge in [-0.3, -0.25) is 25.2 Å². The standard InChI is InChI=1S/C19H21N3O4/c1-14-7-5-6-10-16(14)26-13-19(25)22-21-18(24)12-11-17(23)20-15-8-3-2-4-9-15/h2-10H,11-13H2,1H3,(H,20,23)(H,21,24)(H,22,25). The molecular formula is C19H21N3O4. The molecule has 0 aliphatic rings. The lowest BCUT2D eigenvalue weighted by Gasteiger charge is -2.10. The van der Waals surface area contributed by atoms with Crippen molar-refractivity contribution in [3.63, 3.8) is 0 Å². The first-order valence-electron chi connectivity index (χ1n) is 8.15. The third-order valence-electron chi connectivity index (χ3n) is 3.43. The number of nitrogens with one attached hydrogen (secondary N) is 3. The van der Waals surface area contributed by atoms with Gasteiger partial charge in [0, 0.05) is 18.5 Å². The molecule has 0 bridgehead atoms. The summed E-state index contributed by atoms with van der Waals surface area (Å²) in [6, 6.07) is 16.3. The van der Waals surface area contributed by atoms with Crippen LogP contribution >= 0.6 is 0 Å². The van der Waals surface area contributed by atoms with Crippen molar-refractivity contribution in [2.45, 2.75) is 19.8 Å². The Balaban J connectivity index is 1.62. The van der Waals surface area contributed by atoms with E-state index in [-0.39, 0.29) is 25.4 Å². The zero-order valence-electron chi connectivity index (χ0n) is 14.5. The van der Waals surface area contributed by atoms with Crippen LogP contribution < -0.4 is 20.9 Å². The molecule has 0 aliphatic heterocycles. The molecule has 0 saturated heterocycles. The largest absolute Gasteiger partial charge is 0.483 e. The van der Waals surface area contributed by atoms with Crippen LogP contribution in [-0.4, -0.2) is 24.3 Å². The summed E-state index contributed by atoms with van der Waals surface area (Å²) in [5.41, 5.74) is 6.08. The lowest BCUT2D eigenvalue weighted by Crippen LogP contribution is -2.44. The maximum Gasteiger partial charge on any atom is 0.276 e. The Kier molecular flexibility index (Phi) is 7.17. The van der Waals surface area contributed by atoms with E-state index < -0.39 is 11.8 Å². The smallest absolute Gasteiger partial charge is 0.276 e. The van der Waals surface area contributed by atoms with Crippen LogP contribution in [0.2, 0.25) is 0 Å². The second-order valence-corrected chi connectivity index (χ2v) is 5.56. The van der Waals surface area contributed by atoms with E-state index in [1.54, 1.807) is 30.3 Å². The van der Waals surface area contributed by atoms with E-state index in [4.69, 9.17) is 4.74 Å². The van der Waals surface area contributed by atoms with E-state index in [0.29, 0.717) is 11.4 Å². The Hall–Kier alpha value is -3.35. The van der Waals surface area contributed by atoms with Crippen LogP contribution in [0.25, 0.3) is 0 Å². The van der Waals surface area contributed by atoms with Crippen LogP contribution in [0, 0.1) is 6.92 Å². The van der Waals surface area contributed by atoms with Crippen molar-refractivity contribution in [3.05, 3.63) is 60.2 Å². The summed E-state index contributed by atoms with van der Waals surface area (Å²) in [5.74, 6) is -0.625. The average molecular weight is 355 g/mol. The summed E-state index contributed by atoms with van der Waals surface area (Å²) in [7, 11) is 0. The molecule has 2 aromatic carbocycles. The van der Waals surface area contributed by atoms with Gasteiger partial charge >= 0.3 is 0 Å². The molecule has 2 aromatic rings. The van der Waals surface area contributed by atoms with Crippen LogP contribution in [0.5, 0.6) is 5.75 Å². The number of ether oxygens (including phenoxy) is 1. The molecule has 0 atom stereocenters. The van der Waals surface area contributed by atoms with Gasteiger partial charge in [0.15, 0.2) is 6.61 Å². The molecule has 0 aromatic heterocycles. The van der Waals surface area contributed by atoms with Gasteiger partial charge in [0.2, 0.25) is 11.8 Å². The number of rotatable bonds is 7. The third-order valence-corrected chi connectivity index (χ3v) is 3.43. The first kappa shape index (κ1) is 19.0. The number of carbonyl (C=O) groups excluding carboxylic acids is 3. The molecule has 0 fully saturated rings. The lowest BCUT2D eigenvalue weighted by molar-refractivity contribution is -0.130. The minimum Gasteiger partial charge on any atom is -0.483 e. The Bertz CT molecular complexity index is 762. The Labute approximate surface area is 151 Å². The highest BCUT2D eigenvalue weighted by Gasteiger charge is 2.09. The predicted octanol–water partition coefficient (Wildman–Crippen LogP) is 1.94. The van der Waals surface area contributed by atoms with Crippen LogP contribution in [-0.2, 0) is 14.4 Å². The number of aryl methyl sites for hydroxylation is 1. The molecule has 0 unspecified atom stereocenters. The summed E-state index contributed by atoms with van der Waals surface area (Å²) >= 11 is 0. The van der Waals surface area contributed by atoms with Crippen molar-refractivity contribution in [2.75, 3.05) is 11.9 Å². The van der Waals surface area contributed by atoms with Gasteiger partial charge in [0.25, 0.3) is 5.91 Å². The molecule has 0 aliphatic carbocycles. The highest BCUT2D eigenvalue weighted by atomic mass is 16.5. The van der Waals surface area contributed by atoms with E-state index in [0.717, 1.165) is 5.56 Å². The summed E-state index contributed by atoms with van der Waals surface area (Å²) in [5, 5.41) is 2.68. The van der Waals surface area contributed by atoms with Crippen LogP contribution in [0.4, 0.5) is 5.69 Å². The number of amides is 3. The number of anilines is 1. The van der Waals surface area contributed by atoms with Gasteiger partial charge in [-0.15, -0.1) is 0 Å².